The summed E-state index contributed by atoms with van der Waals surface area (Å²) in [5.41, 5.74) is 0.990. The summed E-state index contributed by atoms with van der Waals surface area (Å²) in [4.78, 5) is 12.7. The first-order chi connectivity index (χ1) is 14.1. The second-order valence-corrected chi connectivity index (χ2v) is 11.6. The Kier molecular flexibility index (Phi) is 6.91. The number of nitrogens with zero attached hydrogens (tertiary/aromatic N) is 1. The quantitative estimate of drug-likeness (QED) is 0.454. The first kappa shape index (κ1) is 23.2. The van der Waals surface area contributed by atoms with Crippen LogP contribution in [0.25, 0.3) is 0 Å². The fourth-order valence-electron chi connectivity index (χ4n) is 5.69. The van der Waals surface area contributed by atoms with Crippen LogP contribution in [0.15, 0.2) is 28.7 Å². The minimum Gasteiger partial charge on any atom is -0.299 e. The fourth-order valence-corrected chi connectivity index (χ4v) is 7.34. The molecule has 0 N–H and O–H groups in total. The van der Waals surface area contributed by atoms with Crippen molar-refractivity contribution in [3.8, 4) is 0 Å². The van der Waals surface area contributed by atoms with E-state index in [1.54, 1.807) is 0 Å². The van der Waals surface area contributed by atoms with Gasteiger partial charge in [0.05, 0.1) is 11.2 Å². The molecule has 0 radical (unpaired) electrons. The summed E-state index contributed by atoms with van der Waals surface area (Å²) in [7, 11) is -3.73. The van der Waals surface area contributed by atoms with Crippen molar-refractivity contribution in [3.05, 3.63) is 35.4 Å². The zero-order valence-corrected chi connectivity index (χ0v) is 19.8. The summed E-state index contributed by atoms with van der Waals surface area (Å²) >= 11 is 0. The van der Waals surface area contributed by atoms with Crippen LogP contribution in [0.2, 0.25) is 0 Å². The molecule has 2 bridgehead atoms. The van der Waals surface area contributed by atoms with E-state index in [1.165, 1.54) is 25.5 Å². The van der Waals surface area contributed by atoms with Crippen molar-refractivity contribution in [2.24, 2.45) is 27.1 Å². The number of carbonyl (C=O) groups is 1. The van der Waals surface area contributed by atoms with Crippen LogP contribution < -0.4 is 0 Å². The number of benzene rings is 1. The monoisotopic (exact) mass is 431 g/mol. The van der Waals surface area contributed by atoms with Crippen LogP contribution in [0, 0.1) is 22.7 Å². The minimum atomic E-state index is -3.73. The number of hydrogen-bond acceptors (Lipinski definition) is 3. The Bertz CT molecular complexity index is 903. The third-order valence-electron chi connectivity index (χ3n) is 8.03. The van der Waals surface area contributed by atoms with Crippen molar-refractivity contribution in [2.75, 3.05) is 5.75 Å². The number of ketones is 1. The Balaban J connectivity index is 1.78. The maximum Gasteiger partial charge on any atom is 0.254 e. The molecule has 5 heteroatoms. The van der Waals surface area contributed by atoms with Gasteiger partial charge in [0.25, 0.3) is 10.0 Å². The van der Waals surface area contributed by atoms with Crippen molar-refractivity contribution in [3.63, 3.8) is 0 Å². The van der Waals surface area contributed by atoms with E-state index in [0.29, 0.717) is 24.7 Å². The molecular formula is C25H37NO3S. The van der Waals surface area contributed by atoms with Crippen molar-refractivity contribution < 1.29 is 13.2 Å². The molecule has 2 aliphatic rings. The molecule has 2 fully saturated rings. The van der Waals surface area contributed by atoms with Gasteiger partial charge >= 0.3 is 0 Å². The lowest BCUT2D eigenvalue weighted by molar-refractivity contribution is -0.128. The van der Waals surface area contributed by atoms with Gasteiger partial charge in [0.2, 0.25) is 0 Å². The molecule has 166 valence electrons. The number of rotatable bonds is 10. The number of sulfonamides is 1. The zero-order chi connectivity index (χ0) is 22.0. The van der Waals surface area contributed by atoms with Gasteiger partial charge in [-0.15, -0.1) is 0 Å². The Morgan fingerprint density at radius 2 is 1.97 bits per heavy atom. The summed E-state index contributed by atoms with van der Waals surface area (Å²) in [5, 5.41) is 0. The van der Waals surface area contributed by atoms with Gasteiger partial charge in [-0.3, -0.25) is 4.79 Å². The van der Waals surface area contributed by atoms with E-state index in [-0.39, 0.29) is 17.0 Å². The molecule has 0 aromatic heterocycles. The molecule has 3 unspecified atom stereocenters. The molecular weight excluding hydrogens is 394 g/mol. The number of carbonyl (C=O) groups excluding carboxylic acids is 1. The van der Waals surface area contributed by atoms with Gasteiger partial charge in [-0.1, -0.05) is 77.6 Å². The third-order valence-corrected chi connectivity index (χ3v) is 9.31. The van der Waals surface area contributed by atoms with Crippen molar-refractivity contribution in [1.82, 2.24) is 0 Å². The molecule has 2 aliphatic carbocycles. The highest BCUT2D eigenvalue weighted by Crippen LogP contribution is 2.64. The summed E-state index contributed by atoms with van der Waals surface area (Å²) < 4.78 is 30.0. The van der Waals surface area contributed by atoms with Gasteiger partial charge in [0, 0.05) is 12.6 Å². The third kappa shape index (κ3) is 4.42. The van der Waals surface area contributed by atoms with Crippen LogP contribution in [0.5, 0.6) is 0 Å². The molecule has 1 aromatic rings. The van der Waals surface area contributed by atoms with E-state index in [1.807, 2.05) is 18.2 Å². The molecule has 4 nitrogen and oxygen atoms in total. The lowest BCUT2D eigenvalue weighted by atomic mass is 9.70. The molecule has 0 spiro atoms. The SMILES string of the molecule is CCCCC(CC)Cc1ccccc1C=NS(=O)(=O)CC12CCC(CC1=O)C2(C)C. The highest BCUT2D eigenvalue weighted by molar-refractivity contribution is 7.90. The Morgan fingerprint density at radius 3 is 2.57 bits per heavy atom. The minimum absolute atomic E-state index is 0.115. The van der Waals surface area contributed by atoms with Gasteiger partial charge in [-0.05, 0) is 47.6 Å². The Morgan fingerprint density at radius 1 is 1.23 bits per heavy atom. The average Bonchev–Trinajstić information content (AvgIpc) is 3.04. The highest BCUT2D eigenvalue weighted by Gasteiger charge is 2.65. The topological polar surface area (TPSA) is 63.6 Å². The van der Waals surface area contributed by atoms with E-state index < -0.39 is 15.4 Å². The van der Waals surface area contributed by atoms with E-state index >= 15 is 0 Å². The lowest BCUT2D eigenvalue weighted by Gasteiger charge is -2.35. The molecule has 0 saturated heterocycles. The predicted molar refractivity (Wildman–Crippen MR) is 123 cm³/mol. The summed E-state index contributed by atoms with van der Waals surface area (Å²) in [6.07, 6.45) is 9.29. The molecule has 2 saturated carbocycles. The molecule has 3 rings (SSSR count). The average molecular weight is 432 g/mol. The summed E-state index contributed by atoms with van der Waals surface area (Å²) in [6, 6.07) is 7.95. The number of fused-ring (bicyclic) bond motifs is 2. The maximum absolute atomic E-state index is 13.0. The zero-order valence-electron chi connectivity index (χ0n) is 19.0. The standard InChI is InChI=1S/C25H37NO3S/c1-5-7-10-19(6-2)15-20-11-8-9-12-21(20)17-26-30(28,29)18-25-14-13-22(16-23(25)27)24(25,3)4/h8-9,11-12,17,19,22H,5-7,10,13-16,18H2,1-4H3. The Hall–Kier alpha value is -1.49. The van der Waals surface area contributed by atoms with Gasteiger partial charge in [-0.2, -0.15) is 4.40 Å². The first-order valence-corrected chi connectivity index (χ1v) is 13.2. The highest BCUT2D eigenvalue weighted by atomic mass is 32.2. The number of Topliss-reactive ketones (excluding diaryl/α,β-unsaturated/α-hetero) is 1. The van der Waals surface area contributed by atoms with Crippen LogP contribution in [0.4, 0.5) is 0 Å². The van der Waals surface area contributed by atoms with Crippen molar-refractivity contribution in [1.29, 1.82) is 0 Å². The largest absolute Gasteiger partial charge is 0.299 e. The lowest BCUT2D eigenvalue weighted by Crippen LogP contribution is -2.41. The number of hydrogen-bond donors (Lipinski definition) is 0. The number of unbranched alkanes of at least 4 members (excludes halogenated alkanes) is 1. The van der Waals surface area contributed by atoms with Crippen LogP contribution in [0.1, 0.15) is 83.8 Å². The van der Waals surface area contributed by atoms with E-state index in [9.17, 15) is 13.2 Å². The molecule has 0 amide bonds. The first-order valence-electron chi connectivity index (χ1n) is 11.5. The summed E-state index contributed by atoms with van der Waals surface area (Å²) in [5.74, 6) is 0.862. The van der Waals surface area contributed by atoms with Crippen LogP contribution in [-0.2, 0) is 21.2 Å². The van der Waals surface area contributed by atoms with E-state index in [0.717, 1.165) is 30.4 Å². The van der Waals surface area contributed by atoms with Crippen molar-refractivity contribution in [2.45, 2.75) is 79.1 Å². The fraction of sp³-hybridized carbons (Fsp3) is 0.680. The van der Waals surface area contributed by atoms with E-state index in [2.05, 4.69) is 38.2 Å². The van der Waals surface area contributed by atoms with Gasteiger partial charge in [-0.25, -0.2) is 8.42 Å². The molecule has 1 aromatic carbocycles. The van der Waals surface area contributed by atoms with Gasteiger partial charge < -0.3 is 0 Å². The van der Waals surface area contributed by atoms with Gasteiger partial charge in [0.15, 0.2) is 0 Å². The van der Waals surface area contributed by atoms with Gasteiger partial charge in [0.1, 0.15) is 5.78 Å². The van der Waals surface area contributed by atoms with E-state index in [4.69, 9.17) is 0 Å². The van der Waals surface area contributed by atoms with Crippen LogP contribution in [0.3, 0.4) is 0 Å². The normalized spacial score (nSPS) is 26.5. The van der Waals surface area contributed by atoms with Crippen LogP contribution in [-0.4, -0.2) is 26.2 Å². The molecule has 30 heavy (non-hydrogen) atoms. The van der Waals surface area contributed by atoms with Crippen LogP contribution >= 0.6 is 0 Å². The van der Waals surface area contributed by atoms with Crippen molar-refractivity contribution >= 4 is 22.0 Å². The smallest absolute Gasteiger partial charge is 0.254 e. The second kappa shape index (κ2) is 8.94. The summed E-state index contributed by atoms with van der Waals surface area (Å²) in [6.45, 7) is 8.55. The Labute approximate surface area is 182 Å². The predicted octanol–water partition coefficient (Wildman–Crippen LogP) is 5.59. The molecule has 3 atom stereocenters. The molecule has 0 aliphatic heterocycles. The second-order valence-electron chi connectivity index (χ2n) is 9.95. The molecule has 0 heterocycles. The maximum atomic E-state index is 13.0.